The molecule has 0 saturated heterocycles. The van der Waals surface area contributed by atoms with Gasteiger partial charge in [0.25, 0.3) is 0 Å². The number of benzene rings is 2. The van der Waals surface area contributed by atoms with Crippen molar-refractivity contribution in [1.82, 2.24) is 0 Å². The topological polar surface area (TPSA) is 0 Å². The minimum Gasteiger partial charge on any atom is -0.206 e. The van der Waals surface area contributed by atoms with Gasteiger partial charge in [-0.3, -0.25) is 0 Å². The van der Waals surface area contributed by atoms with Gasteiger partial charge < -0.3 is 0 Å². The van der Waals surface area contributed by atoms with Gasteiger partial charge in [-0.2, -0.15) is 0 Å². The van der Waals surface area contributed by atoms with Crippen molar-refractivity contribution in [2.75, 3.05) is 0 Å². The first-order chi connectivity index (χ1) is 12.9. The van der Waals surface area contributed by atoms with Crippen LogP contribution in [0.25, 0.3) is 0 Å². The first-order valence-corrected chi connectivity index (χ1v) is 8.68. The molecule has 140 valence electrons. The van der Waals surface area contributed by atoms with Crippen LogP contribution in [0.1, 0.15) is 41.5 Å². The lowest BCUT2D eigenvalue weighted by Crippen LogP contribution is -2.17. The Bertz CT molecular complexity index is 926. The summed E-state index contributed by atoms with van der Waals surface area (Å²) in [5.74, 6) is -1.01. The van der Waals surface area contributed by atoms with Gasteiger partial charge in [0, 0.05) is 5.56 Å². The molecule has 5 heteroatoms. The Morgan fingerprint density at radius 3 is 2.33 bits per heavy atom. The van der Waals surface area contributed by atoms with Crippen LogP contribution < -0.4 is 0 Å². The van der Waals surface area contributed by atoms with E-state index in [1.165, 1.54) is 6.07 Å². The molecule has 0 spiro atoms. The van der Waals surface area contributed by atoms with Gasteiger partial charge in [0.15, 0.2) is 17.5 Å². The molecule has 0 nitrogen and oxygen atoms in total. The van der Waals surface area contributed by atoms with E-state index >= 15 is 0 Å². The monoisotopic (exact) mass is 376 g/mol. The van der Waals surface area contributed by atoms with E-state index < -0.39 is 34.6 Å². The van der Waals surface area contributed by atoms with Gasteiger partial charge in [-0.1, -0.05) is 17.9 Å². The van der Waals surface area contributed by atoms with Crippen molar-refractivity contribution >= 4 is 0 Å². The van der Waals surface area contributed by atoms with Gasteiger partial charge in [-0.05, 0) is 67.3 Å². The second-order valence-electron chi connectivity index (χ2n) is 6.66. The normalized spacial score (nSPS) is 15.7. The first-order valence-electron chi connectivity index (χ1n) is 8.68. The molecule has 0 radical (unpaired) electrons. The third kappa shape index (κ3) is 4.05. The molecule has 0 N–H and O–H groups in total. The summed E-state index contributed by atoms with van der Waals surface area (Å²) in [5, 5.41) is 0. The summed E-state index contributed by atoms with van der Waals surface area (Å²) < 4.78 is 68.6. The Hall–Kier alpha value is -2.61. The second-order valence-corrected chi connectivity index (χ2v) is 6.66. The molecule has 0 aliphatic heterocycles. The van der Waals surface area contributed by atoms with Crippen molar-refractivity contribution in [3.05, 3.63) is 82.2 Å². The molecule has 27 heavy (non-hydrogen) atoms. The van der Waals surface area contributed by atoms with Crippen molar-refractivity contribution in [3.63, 3.8) is 0 Å². The Kier molecular flexibility index (Phi) is 5.65. The van der Waals surface area contributed by atoms with Crippen LogP contribution in [0, 0.1) is 46.8 Å². The van der Waals surface area contributed by atoms with Crippen molar-refractivity contribution in [1.29, 1.82) is 0 Å². The predicted molar refractivity (Wildman–Crippen MR) is 93.6 cm³/mol. The maximum atomic E-state index is 14.8. The molecular formula is C22H17F5. The minimum atomic E-state index is -1.61. The third-order valence-corrected chi connectivity index (χ3v) is 4.82. The lowest BCUT2D eigenvalue weighted by atomic mass is 9.80. The zero-order valence-electron chi connectivity index (χ0n) is 14.5. The van der Waals surface area contributed by atoms with Gasteiger partial charge in [0.2, 0.25) is 0 Å². The van der Waals surface area contributed by atoms with Crippen LogP contribution in [0.3, 0.4) is 0 Å². The summed E-state index contributed by atoms with van der Waals surface area (Å²) >= 11 is 0. The highest BCUT2D eigenvalue weighted by atomic mass is 19.2. The van der Waals surface area contributed by atoms with E-state index in [1.54, 1.807) is 0 Å². The molecule has 0 fully saturated rings. The molecule has 2 aromatic rings. The maximum Gasteiger partial charge on any atom is 0.194 e. The fraction of sp³-hybridized carbons (Fsp3) is 0.273. The average Bonchev–Trinajstić information content (AvgIpc) is 2.63. The molecule has 1 unspecified atom stereocenters. The number of hydrogen-bond acceptors (Lipinski definition) is 0. The van der Waals surface area contributed by atoms with E-state index in [0.717, 1.165) is 19.3 Å². The van der Waals surface area contributed by atoms with E-state index in [-0.39, 0.29) is 5.56 Å². The van der Waals surface area contributed by atoms with Crippen LogP contribution >= 0.6 is 0 Å². The van der Waals surface area contributed by atoms with Crippen LogP contribution in [-0.2, 0) is 12.8 Å². The summed E-state index contributed by atoms with van der Waals surface area (Å²) in [6.07, 6.45) is 5.49. The lowest BCUT2D eigenvalue weighted by Gasteiger charge is -2.25. The molecule has 1 atom stereocenters. The van der Waals surface area contributed by atoms with E-state index in [4.69, 9.17) is 0 Å². The average molecular weight is 376 g/mol. The summed E-state index contributed by atoms with van der Waals surface area (Å²) in [6, 6.07) is 2.65. The number of rotatable bonds is 3. The molecule has 0 bridgehead atoms. The number of allylic oxidation sites excluding steroid dienone is 1. The molecule has 1 aliphatic rings. The first kappa shape index (κ1) is 19.2. The standard InChI is InChI=1S/C22H17F5/c1-2-3-4-13-5-7-16-15(9-13)12-18(23)17(21(16)26)8-6-14-10-19(24)22(27)20(25)11-14/h2,10-13H,1,3-5,7,9H2. The number of hydrogen-bond donors (Lipinski definition) is 0. The zero-order valence-corrected chi connectivity index (χ0v) is 14.5. The van der Waals surface area contributed by atoms with E-state index in [9.17, 15) is 22.0 Å². The largest absolute Gasteiger partial charge is 0.206 e. The SMILES string of the molecule is C=CCCC1CCc2c(cc(F)c(C#Cc3cc(F)c(F)c(F)c3)c2F)C1. The number of fused-ring (bicyclic) bond motifs is 1. The van der Waals surface area contributed by atoms with Crippen LogP contribution in [0.2, 0.25) is 0 Å². The molecule has 2 aromatic carbocycles. The Labute approximate surface area is 154 Å². The molecule has 0 amide bonds. The summed E-state index contributed by atoms with van der Waals surface area (Å²) in [7, 11) is 0. The van der Waals surface area contributed by atoms with Crippen molar-refractivity contribution in [2.45, 2.75) is 32.1 Å². The highest BCUT2D eigenvalue weighted by molar-refractivity contribution is 5.48. The zero-order chi connectivity index (χ0) is 19.6. The lowest BCUT2D eigenvalue weighted by molar-refractivity contribution is 0.418. The Morgan fingerprint density at radius 2 is 1.67 bits per heavy atom. The predicted octanol–water partition coefficient (Wildman–Crippen LogP) is 5.85. The highest BCUT2D eigenvalue weighted by Gasteiger charge is 2.24. The highest BCUT2D eigenvalue weighted by Crippen LogP contribution is 2.32. The fourth-order valence-corrected chi connectivity index (χ4v) is 3.40. The van der Waals surface area contributed by atoms with Crippen LogP contribution in [-0.4, -0.2) is 0 Å². The van der Waals surface area contributed by atoms with Crippen molar-refractivity contribution < 1.29 is 22.0 Å². The van der Waals surface area contributed by atoms with Gasteiger partial charge >= 0.3 is 0 Å². The maximum absolute atomic E-state index is 14.8. The van der Waals surface area contributed by atoms with Gasteiger partial charge in [0.05, 0.1) is 5.56 Å². The summed E-state index contributed by atoms with van der Waals surface area (Å²) in [6.45, 7) is 3.69. The molecule has 0 aromatic heterocycles. The summed E-state index contributed by atoms with van der Waals surface area (Å²) in [5.41, 5.74) is 0.428. The van der Waals surface area contributed by atoms with Crippen molar-refractivity contribution in [2.24, 2.45) is 5.92 Å². The van der Waals surface area contributed by atoms with E-state index in [0.29, 0.717) is 42.0 Å². The molecule has 0 saturated carbocycles. The molecular weight excluding hydrogens is 359 g/mol. The fourth-order valence-electron chi connectivity index (χ4n) is 3.40. The molecule has 0 heterocycles. The van der Waals surface area contributed by atoms with Gasteiger partial charge in [-0.15, -0.1) is 6.58 Å². The summed E-state index contributed by atoms with van der Waals surface area (Å²) in [4.78, 5) is 0. The molecule has 1 aliphatic carbocycles. The Balaban J connectivity index is 1.92. The molecule has 3 rings (SSSR count). The smallest absolute Gasteiger partial charge is 0.194 e. The van der Waals surface area contributed by atoms with Gasteiger partial charge in [0.1, 0.15) is 11.6 Å². The second kappa shape index (κ2) is 7.96. The Morgan fingerprint density at radius 1 is 0.963 bits per heavy atom. The van der Waals surface area contributed by atoms with Crippen LogP contribution in [0.4, 0.5) is 22.0 Å². The minimum absolute atomic E-state index is 0.201. The van der Waals surface area contributed by atoms with E-state index in [2.05, 4.69) is 18.4 Å². The van der Waals surface area contributed by atoms with E-state index in [1.807, 2.05) is 6.08 Å². The quantitative estimate of drug-likeness (QED) is 0.273. The third-order valence-electron chi connectivity index (χ3n) is 4.82. The van der Waals surface area contributed by atoms with Crippen LogP contribution in [0.15, 0.2) is 30.9 Å². The van der Waals surface area contributed by atoms with Crippen molar-refractivity contribution in [3.8, 4) is 11.8 Å². The number of halogens is 5. The van der Waals surface area contributed by atoms with Crippen LogP contribution in [0.5, 0.6) is 0 Å². The van der Waals surface area contributed by atoms with Gasteiger partial charge in [-0.25, -0.2) is 22.0 Å².